The first-order valence-corrected chi connectivity index (χ1v) is 13.5. The molecule has 1 atom stereocenters. The Labute approximate surface area is 202 Å². The minimum absolute atomic E-state index is 0.00868. The summed E-state index contributed by atoms with van der Waals surface area (Å²) in [5.74, 6) is 0.654. The summed E-state index contributed by atoms with van der Waals surface area (Å²) >= 11 is 0. The molecule has 1 saturated heterocycles. The highest BCUT2D eigenvalue weighted by atomic mass is 32.2. The molecule has 2 heterocycles. The van der Waals surface area contributed by atoms with E-state index in [1.165, 1.54) is 12.8 Å². The maximum atomic E-state index is 12.3. The third-order valence-electron chi connectivity index (χ3n) is 6.07. The highest BCUT2D eigenvalue weighted by Gasteiger charge is 2.25. The number of esters is 1. The Bertz CT molecular complexity index is 991. The van der Waals surface area contributed by atoms with Crippen molar-refractivity contribution < 1.29 is 22.7 Å². The number of carbonyl (C=O) groups excluding carboxylic acids is 1. The number of rotatable bonds is 12. The predicted octanol–water partition coefficient (Wildman–Crippen LogP) is 3.18. The molecule has 0 amide bonds. The third-order valence-corrected chi connectivity index (χ3v) is 7.54. The van der Waals surface area contributed by atoms with Crippen LogP contribution in [0.1, 0.15) is 38.2 Å². The molecule has 0 radical (unpaired) electrons. The van der Waals surface area contributed by atoms with E-state index in [9.17, 15) is 13.2 Å². The van der Waals surface area contributed by atoms with Gasteiger partial charge in [-0.15, -0.1) is 0 Å². The number of hydrogen-bond acceptors (Lipinski definition) is 7. The quantitative estimate of drug-likeness (QED) is 0.457. The molecular weight excluding hydrogens is 454 g/mol. The van der Waals surface area contributed by atoms with E-state index in [0.717, 1.165) is 43.7 Å². The van der Waals surface area contributed by atoms with Crippen LogP contribution < -0.4 is 14.4 Å². The lowest BCUT2D eigenvalue weighted by Crippen LogP contribution is -2.43. The molecule has 1 unspecified atom stereocenters. The monoisotopic (exact) mass is 489 g/mol. The van der Waals surface area contributed by atoms with Crippen molar-refractivity contribution in [2.75, 3.05) is 37.5 Å². The standard InChI is InChI=1S/C25H35N3O5S/c1-3-4-17-34(30,31)27-24(25(29)32-2)18-20-5-7-23(8-6-20)33-19-21-11-15-28(16-12-21)22-9-13-26-14-10-22/h5-10,13-14,21,24,27H,3-4,11-12,15-19H2,1-2H3. The molecule has 2 aromatic rings. The average molecular weight is 490 g/mol. The van der Waals surface area contributed by atoms with E-state index in [-0.39, 0.29) is 12.2 Å². The Morgan fingerprint density at radius 2 is 1.82 bits per heavy atom. The molecule has 3 rings (SSSR count). The van der Waals surface area contributed by atoms with Gasteiger partial charge in [-0.2, -0.15) is 0 Å². The van der Waals surface area contributed by atoms with Crippen molar-refractivity contribution in [3.8, 4) is 5.75 Å². The van der Waals surface area contributed by atoms with Crippen molar-refractivity contribution in [3.05, 3.63) is 54.4 Å². The van der Waals surface area contributed by atoms with Gasteiger partial charge in [0.15, 0.2) is 0 Å². The lowest BCUT2D eigenvalue weighted by atomic mass is 9.97. The normalized spacial score (nSPS) is 15.6. The van der Waals surface area contributed by atoms with Crippen LogP contribution in [0, 0.1) is 5.92 Å². The molecular formula is C25H35N3O5S. The summed E-state index contributed by atoms with van der Waals surface area (Å²) in [5.41, 5.74) is 2.04. The number of carbonyl (C=O) groups is 1. The van der Waals surface area contributed by atoms with Crippen LogP contribution in [-0.2, 0) is 26.0 Å². The number of benzene rings is 1. The molecule has 0 bridgehead atoms. The van der Waals surface area contributed by atoms with Gasteiger partial charge in [0, 0.05) is 31.2 Å². The van der Waals surface area contributed by atoms with Crippen LogP contribution in [0.3, 0.4) is 0 Å². The second kappa shape index (κ2) is 12.7. The summed E-state index contributed by atoms with van der Waals surface area (Å²) < 4.78 is 37.8. The number of piperidine rings is 1. The Balaban J connectivity index is 1.48. The Hall–Kier alpha value is -2.65. The first kappa shape index (κ1) is 26.0. The Morgan fingerprint density at radius 3 is 2.44 bits per heavy atom. The van der Waals surface area contributed by atoms with Crippen molar-refractivity contribution in [2.45, 2.75) is 45.1 Å². The zero-order chi connectivity index (χ0) is 24.4. The maximum Gasteiger partial charge on any atom is 0.324 e. The predicted molar refractivity (Wildman–Crippen MR) is 132 cm³/mol. The van der Waals surface area contributed by atoms with Crippen molar-refractivity contribution >= 4 is 21.7 Å². The van der Waals surface area contributed by atoms with Gasteiger partial charge in [-0.1, -0.05) is 25.5 Å². The van der Waals surface area contributed by atoms with Crippen molar-refractivity contribution in [2.24, 2.45) is 5.92 Å². The van der Waals surface area contributed by atoms with E-state index in [1.54, 1.807) is 0 Å². The molecule has 186 valence electrons. The van der Waals surface area contributed by atoms with Crippen LogP contribution >= 0.6 is 0 Å². The smallest absolute Gasteiger partial charge is 0.324 e. The fraction of sp³-hybridized carbons (Fsp3) is 0.520. The number of unbranched alkanes of at least 4 members (excludes halogenated alkanes) is 1. The van der Waals surface area contributed by atoms with Crippen LogP contribution in [-0.4, -0.2) is 58.0 Å². The molecule has 34 heavy (non-hydrogen) atoms. The molecule has 0 saturated carbocycles. The lowest BCUT2D eigenvalue weighted by Gasteiger charge is -2.33. The number of nitrogens with one attached hydrogen (secondary N) is 1. The molecule has 1 aromatic heterocycles. The zero-order valence-electron chi connectivity index (χ0n) is 20.0. The number of anilines is 1. The molecule has 0 spiro atoms. The van der Waals surface area contributed by atoms with Gasteiger partial charge in [-0.25, -0.2) is 13.1 Å². The summed E-state index contributed by atoms with van der Waals surface area (Å²) in [7, 11) is -2.29. The molecule has 1 fully saturated rings. The maximum absolute atomic E-state index is 12.3. The second-order valence-corrected chi connectivity index (χ2v) is 10.5. The van der Waals surface area contributed by atoms with Gasteiger partial charge >= 0.3 is 5.97 Å². The van der Waals surface area contributed by atoms with Crippen LogP contribution in [0.25, 0.3) is 0 Å². The van der Waals surface area contributed by atoms with Gasteiger partial charge in [0.05, 0.1) is 19.5 Å². The fourth-order valence-electron chi connectivity index (χ4n) is 4.01. The summed E-state index contributed by atoms with van der Waals surface area (Å²) in [6.07, 6.45) is 7.30. The Kier molecular flexibility index (Phi) is 9.71. The van der Waals surface area contributed by atoms with Crippen LogP contribution in [0.15, 0.2) is 48.8 Å². The molecule has 8 nitrogen and oxygen atoms in total. The van der Waals surface area contributed by atoms with E-state index >= 15 is 0 Å². The molecule has 9 heteroatoms. The van der Waals surface area contributed by atoms with Crippen LogP contribution in [0.5, 0.6) is 5.75 Å². The topological polar surface area (TPSA) is 97.8 Å². The minimum Gasteiger partial charge on any atom is -0.493 e. The van der Waals surface area contributed by atoms with Gasteiger partial charge < -0.3 is 14.4 Å². The molecule has 0 aliphatic carbocycles. The SMILES string of the molecule is CCCCS(=O)(=O)NC(Cc1ccc(OCC2CCN(c3ccncc3)CC2)cc1)C(=O)OC. The molecule has 1 aliphatic rings. The summed E-state index contributed by atoms with van der Waals surface area (Å²) in [4.78, 5) is 18.6. The van der Waals surface area contributed by atoms with Gasteiger partial charge in [-0.3, -0.25) is 9.78 Å². The largest absolute Gasteiger partial charge is 0.493 e. The first-order valence-electron chi connectivity index (χ1n) is 11.8. The third kappa shape index (κ3) is 7.99. The number of nitrogens with zero attached hydrogens (tertiary/aromatic N) is 2. The van der Waals surface area contributed by atoms with E-state index in [1.807, 2.05) is 55.7 Å². The lowest BCUT2D eigenvalue weighted by molar-refractivity contribution is -0.142. The van der Waals surface area contributed by atoms with E-state index in [0.29, 0.717) is 18.9 Å². The van der Waals surface area contributed by atoms with Crippen molar-refractivity contribution in [3.63, 3.8) is 0 Å². The molecule has 1 N–H and O–H groups in total. The Morgan fingerprint density at radius 1 is 1.15 bits per heavy atom. The summed E-state index contributed by atoms with van der Waals surface area (Å²) in [6, 6.07) is 10.6. The van der Waals surface area contributed by atoms with Crippen LogP contribution in [0.2, 0.25) is 0 Å². The number of pyridine rings is 1. The molecule has 1 aliphatic heterocycles. The minimum atomic E-state index is -3.55. The summed E-state index contributed by atoms with van der Waals surface area (Å²) in [5, 5.41) is 0. The fourth-order valence-corrected chi connectivity index (χ4v) is 5.41. The van der Waals surface area contributed by atoms with E-state index in [4.69, 9.17) is 9.47 Å². The van der Waals surface area contributed by atoms with Crippen molar-refractivity contribution in [1.82, 2.24) is 9.71 Å². The number of ether oxygens (including phenoxy) is 2. The highest BCUT2D eigenvalue weighted by molar-refractivity contribution is 7.89. The average Bonchev–Trinajstić information content (AvgIpc) is 2.87. The van der Waals surface area contributed by atoms with E-state index in [2.05, 4.69) is 14.6 Å². The number of sulfonamides is 1. The van der Waals surface area contributed by atoms with Crippen LogP contribution in [0.4, 0.5) is 5.69 Å². The van der Waals surface area contributed by atoms with Gasteiger partial charge in [0.25, 0.3) is 0 Å². The first-order chi connectivity index (χ1) is 16.4. The van der Waals surface area contributed by atoms with Gasteiger partial charge in [0.2, 0.25) is 10.0 Å². The van der Waals surface area contributed by atoms with Gasteiger partial charge in [-0.05, 0) is 61.4 Å². The van der Waals surface area contributed by atoms with Gasteiger partial charge in [0.1, 0.15) is 11.8 Å². The number of hydrogen-bond donors (Lipinski definition) is 1. The number of aromatic nitrogens is 1. The second-order valence-electron chi connectivity index (χ2n) is 8.66. The molecule has 1 aromatic carbocycles. The number of methoxy groups -OCH3 is 1. The zero-order valence-corrected chi connectivity index (χ0v) is 20.8. The van der Waals surface area contributed by atoms with Crippen molar-refractivity contribution in [1.29, 1.82) is 0 Å². The highest BCUT2D eigenvalue weighted by Crippen LogP contribution is 2.24. The van der Waals surface area contributed by atoms with E-state index < -0.39 is 22.0 Å². The summed E-state index contributed by atoms with van der Waals surface area (Å²) in [6.45, 7) is 4.58.